The third-order valence-corrected chi connectivity index (χ3v) is 3.54. The first-order valence-electron chi connectivity index (χ1n) is 7.35. The molecule has 0 aliphatic heterocycles. The molecule has 0 amide bonds. The van der Waals surface area contributed by atoms with E-state index < -0.39 is 0 Å². The van der Waals surface area contributed by atoms with Crippen molar-refractivity contribution in [3.05, 3.63) is 23.4 Å². The Hall–Kier alpha value is -1.05. The van der Waals surface area contributed by atoms with Crippen LogP contribution in [0.25, 0.3) is 0 Å². The normalized spacial score (nSPS) is 12.5. The summed E-state index contributed by atoms with van der Waals surface area (Å²) in [6.45, 7) is 13.3. The second-order valence-electron chi connectivity index (χ2n) is 5.21. The van der Waals surface area contributed by atoms with Crippen LogP contribution in [0.3, 0.4) is 0 Å². The fraction of sp³-hybridized carbons (Fsp3) is 0.688. The summed E-state index contributed by atoms with van der Waals surface area (Å²) >= 11 is 0. The average molecular weight is 248 g/mol. The molecule has 1 aromatic rings. The molecule has 1 atom stereocenters. The van der Waals surface area contributed by atoms with E-state index in [-0.39, 0.29) is 0 Å². The Labute approximate surface area is 112 Å². The average Bonchev–Trinajstić information content (AvgIpc) is 2.37. The van der Waals surface area contributed by atoms with Crippen LogP contribution in [0.5, 0.6) is 0 Å². The van der Waals surface area contributed by atoms with Crippen LogP contribution >= 0.6 is 0 Å². The van der Waals surface area contributed by atoms with Gasteiger partial charge in [-0.05, 0) is 43.2 Å². The van der Waals surface area contributed by atoms with Crippen LogP contribution in [-0.2, 0) is 0 Å². The molecule has 1 unspecified atom stereocenters. The van der Waals surface area contributed by atoms with Gasteiger partial charge in [0.1, 0.15) is 5.82 Å². The lowest BCUT2D eigenvalue weighted by atomic mass is 9.99. The lowest BCUT2D eigenvalue weighted by molar-refractivity contribution is 0.714. The van der Waals surface area contributed by atoms with Crippen molar-refractivity contribution in [1.29, 1.82) is 0 Å². The quantitative estimate of drug-likeness (QED) is 0.704. The summed E-state index contributed by atoms with van der Waals surface area (Å²) < 4.78 is 0. The molecular weight excluding hydrogens is 220 g/mol. The molecule has 1 heterocycles. The van der Waals surface area contributed by atoms with E-state index in [1.807, 2.05) is 0 Å². The third kappa shape index (κ3) is 3.72. The summed E-state index contributed by atoms with van der Waals surface area (Å²) in [5, 5.41) is 0. The van der Waals surface area contributed by atoms with Gasteiger partial charge in [0.05, 0.1) is 0 Å². The van der Waals surface area contributed by atoms with Gasteiger partial charge in [-0.15, -0.1) is 0 Å². The largest absolute Gasteiger partial charge is 0.356 e. The first-order valence-corrected chi connectivity index (χ1v) is 7.35. The molecule has 0 saturated carbocycles. The van der Waals surface area contributed by atoms with Crippen LogP contribution in [0, 0.1) is 6.92 Å². The molecule has 0 spiro atoms. The highest BCUT2D eigenvalue weighted by Gasteiger charge is 2.11. The first-order chi connectivity index (χ1) is 8.63. The van der Waals surface area contributed by atoms with E-state index in [4.69, 9.17) is 4.98 Å². The van der Waals surface area contributed by atoms with Crippen molar-refractivity contribution < 1.29 is 0 Å². The zero-order valence-corrected chi connectivity index (χ0v) is 12.7. The molecule has 0 aliphatic carbocycles. The Balaban J connectivity index is 2.95. The summed E-state index contributed by atoms with van der Waals surface area (Å²) in [7, 11) is 0. The highest BCUT2D eigenvalue weighted by Crippen LogP contribution is 2.24. The molecule has 0 fully saturated rings. The fourth-order valence-corrected chi connectivity index (χ4v) is 2.29. The molecule has 0 N–H and O–H groups in total. The van der Waals surface area contributed by atoms with Crippen LogP contribution in [0.4, 0.5) is 5.82 Å². The number of rotatable bonds is 7. The van der Waals surface area contributed by atoms with Gasteiger partial charge in [-0.1, -0.05) is 33.8 Å². The maximum Gasteiger partial charge on any atom is 0.131 e. The highest BCUT2D eigenvalue weighted by atomic mass is 15.2. The summed E-state index contributed by atoms with van der Waals surface area (Å²) in [5.74, 6) is 1.78. The molecule has 2 heteroatoms. The highest BCUT2D eigenvalue weighted by molar-refractivity contribution is 5.47. The van der Waals surface area contributed by atoms with Crippen LogP contribution in [0.15, 0.2) is 12.3 Å². The van der Waals surface area contributed by atoms with Crippen LogP contribution in [0.2, 0.25) is 0 Å². The summed E-state index contributed by atoms with van der Waals surface area (Å²) in [4.78, 5) is 7.12. The molecule has 0 radical (unpaired) electrons. The molecule has 0 aliphatic rings. The molecule has 18 heavy (non-hydrogen) atoms. The molecule has 2 nitrogen and oxygen atoms in total. The predicted molar refractivity (Wildman–Crippen MR) is 80.5 cm³/mol. The maximum atomic E-state index is 4.71. The number of hydrogen-bond acceptors (Lipinski definition) is 2. The lowest BCUT2D eigenvalue weighted by Crippen LogP contribution is -2.26. The zero-order valence-electron chi connectivity index (χ0n) is 12.7. The minimum atomic E-state index is 0.607. The van der Waals surface area contributed by atoms with Gasteiger partial charge >= 0.3 is 0 Å². The topological polar surface area (TPSA) is 16.1 Å². The number of aryl methyl sites for hydroxylation is 1. The van der Waals surface area contributed by atoms with Gasteiger partial charge in [-0.2, -0.15) is 0 Å². The Bertz CT molecular complexity index is 354. The third-order valence-electron chi connectivity index (χ3n) is 3.54. The Kier molecular flexibility index (Phi) is 6.17. The monoisotopic (exact) mass is 248 g/mol. The van der Waals surface area contributed by atoms with E-state index in [0.29, 0.717) is 5.92 Å². The van der Waals surface area contributed by atoms with E-state index in [1.54, 1.807) is 0 Å². The van der Waals surface area contributed by atoms with E-state index in [2.05, 4.69) is 51.8 Å². The Morgan fingerprint density at radius 1 is 1.17 bits per heavy atom. The predicted octanol–water partition coefficient (Wildman–Crippen LogP) is 4.53. The van der Waals surface area contributed by atoms with Gasteiger partial charge in [0, 0.05) is 19.3 Å². The van der Waals surface area contributed by atoms with Crippen molar-refractivity contribution in [1.82, 2.24) is 4.98 Å². The van der Waals surface area contributed by atoms with E-state index in [0.717, 1.165) is 13.1 Å². The minimum absolute atomic E-state index is 0.607. The van der Waals surface area contributed by atoms with E-state index >= 15 is 0 Å². The van der Waals surface area contributed by atoms with Crippen molar-refractivity contribution in [2.24, 2.45) is 0 Å². The maximum absolute atomic E-state index is 4.71. The first kappa shape index (κ1) is 15.0. The van der Waals surface area contributed by atoms with Crippen LogP contribution < -0.4 is 4.90 Å². The van der Waals surface area contributed by atoms with Crippen LogP contribution in [-0.4, -0.2) is 18.1 Å². The molecule has 0 aromatic carbocycles. The fourth-order valence-electron chi connectivity index (χ4n) is 2.29. The molecule has 102 valence electrons. The van der Waals surface area contributed by atoms with Gasteiger partial charge in [-0.25, -0.2) is 4.98 Å². The van der Waals surface area contributed by atoms with Crippen LogP contribution in [0.1, 0.15) is 64.0 Å². The number of aromatic nitrogens is 1. The smallest absolute Gasteiger partial charge is 0.131 e. The second-order valence-corrected chi connectivity index (χ2v) is 5.21. The number of hydrogen-bond donors (Lipinski definition) is 0. The number of anilines is 1. The second kappa shape index (κ2) is 7.40. The zero-order chi connectivity index (χ0) is 13.5. The molecule has 0 saturated heterocycles. The minimum Gasteiger partial charge on any atom is -0.356 e. The van der Waals surface area contributed by atoms with Gasteiger partial charge in [0.25, 0.3) is 0 Å². The molecule has 0 bridgehead atoms. The van der Waals surface area contributed by atoms with Crippen molar-refractivity contribution in [2.75, 3.05) is 18.0 Å². The van der Waals surface area contributed by atoms with Gasteiger partial charge in [-0.3, -0.25) is 0 Å². The summed E-state index contributed by atoms with van der Waals surface area (Å²) in [5.41, 5.74) is 2.68. The molecular formula is C16H28N2. The summed E-state index contributed by atoms with van der Waals surface area (Å²) in [6.07, 6.45) is 5.59. The van der Waals surface area contributed by atoms with Gasteiger partial charge in [0.2, 0.25) is 0 Å². The number of pyridine rings is 1. The standard InChI is InChI=1S/C16H28N2/c1-6-9-18(10-7-2)16-14(5)11-15(12-17-16)13(4)8-3/h11-13H,6-10H2,1-5H3. The van der Waals surface area contributed by atoms with Crippen molar-refractivity contribution in [3.63, 3.8) is 0 Å². The molecule has 1 aromatic heterocycles. The lowest BCUT2D eigenvalue weighted by Gasteiger charge is -2.25. The SMILES string of the molecule is CCCN(CCC)c1ncc(C(C)CC)cc1C. The van der Waals surface area contributed by atoms with E-state index in [9.17, 15) is 0 Å². The van der Waals surface area contributed by atoms with Crippen molar-refractivity contribution in [3.8, 4) is 0 Å². The van der Waals surface area contributed by atoms with E-state index in [1.165, 1.54) is 36.2 Å². The Morgan fingerprint density at radius 3 is 2.22 bits per heavy atom. The van der Waals surface area contributed by atoms with Crippen molar-refractivity contribution in [2.45, 2.75) is 59.8 Å². The van der Waals surface area contributed by atoms with Crippen molar-refractivity contribution >= 4 is 5.82 Å². The van der Waals surface area contributed by atoms with Gasteiger partial charge in [0.15, 0.2) is 0 Å². The number of nitrogens with zero attached hydrogens (tertiary/aromatic N) is 2. The Morgan fingerprint density at radius 2 is 1.78 bits per heavy atom. The van der Waals surface area contributed by atoms with Gasteiger partial charge < -0.3 is 4.90 Å². The molecule has 1 rings (SSSR count). The summed E-state index contributed by atoms with van der Waals surface area (Å²) in [6, 6.07) is 2.31.